The van der Waals surface area contributed by atoms with Gasteiger partial charge in [-0.1, -0.05) is 19.3 Å². The molecule has 0 radical (unpaired) electrons. The Kier molecular flexibility index (Phi) is 4.78. The highest BCUT2D eigenvalue weighted by atomic mass is 16.7. The van der Waals surface area contributed by atoms with Gasteiger partial charge in [-0.15, -0.1) is 0 Å². The molecule has 0 aromatic heterocycles. The van der Waals surface area contributed by atoms with Gasteiger partial charge < -0.3 is 30.3 Å². The van der Waals surface area contributed by atoms with E-state index in [9.17, 15) is 25.2 Å². The van der Waals surface area contributed by atoms with Gasteiger partial charge in [-0.3, -0.25) is 4.79 Å². The number of aliphatic hydroxyl groups excluding tert-OH is 4. The van der Waals surface area contributed by atoms with Crippen molar-refractivity contribution in [1.82, 2.24) is 0 Å². The maximum absolute atomic E-state index is 12.4. The maximum atomic E-state index is 12.4. The van der Waals surface area contributed by atoms with Crippen molar-refractivity contribution in [3.8, 4) is 0 Å². The molecule has 5 atom stereocenters. The Morgan fingerprint density at radius 3 is 2.25 bits per heavy atom. The van der Waals surface area contributed by atoms with E-state index in [-0.39, 0.29) is 0 Å². The summed E-state index contributed by atoms with van der Waals surface area (Å²) in [6.07, 6.45) is -2.63. The van der Waals surface area contributed by atoms with Gasteiger partial charge in [0, 0.05) is 5.92 Å². The third kappa shape index (κ3) is 2.61. The van der Waals surface area contributed by atoms with Crippen LogP contribution in [0.2, 0.25) is 0 Å². The average Bonchev–Trinajstić information content (AvgIpc) is 2.49. The number of carbonyl (C=O) groups excluding carboxylic acids is 1. The largest absolute Gasteiger partial charge is 0.394 e. The van der Waals surface area contributed by atoms with Crippen molar-refractivity contribution in [3.05, 3.63) is 0 Å². The first-order chi connectivity index (χ1) is 9.41. The Morgan fingerprint density at radius 2 is 1.70 bits per heavy atom. The Balaban J connectivity index is 2.19. The van der Waals surface area contributed by atoms with E-state index >= 15 is 0 Å². The standard InChI is InChI=1S/C13H22O7/c14-6-8-9(15)10(16)12(18)13(19,20-8)11(17)7-4-2-1-3-5-7/h7-10,12,14-16,18-19H,1-6H2/t8-,9+,10+,12-,13?/m1/s1. The van der Waals surface area contributed by atoms with Crippen molar-refractivity contribution in [3.63, 3.8) is 0 Å². The van der Waals surface area contributed by atoms with Crippen LogP contribution >= 0.6 is 0 Å². The Labute approximate surface area is 116 Å². The molecule has 5 N–H and O–H groups in total. The fraction of sp³-hybridized carbons (Fsp3) is 0.923. The third-order valence-electron chi connectivity index (χ3n) is 4.30. The molecule has 0 aromatic rings. The molecule has 1 aliphatic carbocycles. The first-order valence-corrected chi connectivity index (χ1v) is 7.01. The Hall–Kier alpha value is -0.570. The smallest absolute Gasteiger partial charge is 0.256 e. The molecule has 0 aromatic carbocycles. The highest BCUT2D eigenvalue weighted by Crippen LogP contribution is 2.35. The van der Waals surface area contributed by atoms with Crippen LogP contribution in [0.5, 0.6) is 0 Å². The second-order valence-corrected chi connectivity index (χ2v) is 5.66. The first-order valence-electron chi connectivity index (χ1n) is 7.01. The van der Waals surface area contributed by atoms with Gasteiger partial charge in [0.15, 0.2) is 5.78 Å². The second-order valence-electron chi connectivity index (χ2n) is 5.66. The van der Waals surface area contributed by atoms with Crippen LogP contribution in [0.15, 0.2) is 0 Å². The van der Waals surface area contributed by atoms with E-state index in [1.165, 1.54) is 0 Å². The number of ether oxygens (including phenoxy) is 1. The number of rotatable bonds is 3. The highest BCUT2D eigenvalue weighted by Gasteiger charge is 2.57. The molecule has 0 amide bonds. The second kappa shape index (κ2) is 6.05. The summed E-state index contributed by atoms with van der Waals surface area (Å²) in [5, 5.41) is 48.7. The molecule has 0 spiro atoms. The molecule has 1 saturated carbocycles. The zero-order chi connectivity index (χ0) is 14.9. The van der Waals surface area contributed by atoms with Crippen LogP contribution in [0.1, 0.15) is 32.1 Å². The molecular formula is C13H22O7. The molecule has 2 fully saturated rings. The maximum Gasteiger partial charge on any atom is 0.256 e. The first kappa shape index (κ1) is 15.8. The topological polar surface area (TPSA) is 127 Å². The van der Waals surface area contributed by atoms with Crippen molar-refractivity contribution < 1.29 is 35.1 Å². The van der Waals surface area contributed by atoms with Crippen molar-refractivity contribution in [2.24, 2.45) is 5.92 Å². The average molecular weight is 290 g/mol. The number of hydrogen-bond donors (Lipinski definition) is 5. The van der Waals surface area contributed by atoms with Crippen LogP contribution in [0.3, 0.4) is 0 Å². The van der Waals surface area contributed by atoms with E-state index in [0.29, 0.717) is 12.8 Å². The summed E-state index contributed by atoms with van der Waals surface area (Å²) < 4.78 is 5.03. The fourth-order valence-electron chi connectivity index (χ4n) is 3.01. The quantitative estimate of drug-likeness (QED) is 0.419. The number of hydrogen-bond acceptors (Lipinski definition) is 7. The van der Waals surface area contributed by atoms with Crippen LogP contribution in [0.4, 0.5) is 0 Å². The van der Waals surface area contributed by atoms with Crippen molar-refractivity contribution in [2.75, 3.05) is 6.61 Å². The summed E-state index contributed by atoms with van der Waals surface area (Å²) in [5.41, 5.74) is 0. The predicted molar refractivity (Wildman–Crippen MR) is 66.5 cm³/mol. The van der Waals surface area contributed by atoms with Crippen molar-refractivity contribution >= 4 is 5.78 Å². The van der Waals surface area contributed by atoms with E-state index in [4.69, 9.17) is 9.84 Å². The number of ketones is 1. The van der Waals surface area contributed by atoms with Gasteiger partial charge in [0.2, 0.25) is 0 Å². The number of Topliss-reactive ketones (excluding diaryl/α,β-unsaturated/α-hetero) is 1. The molecule has 1 saturated heterocycles. The van der Waals surface area contributed by atoms with Crippen LogP contribution in [-0.4, -0.2) is 68.1 Å². The van der Waals surface area contributed by atoms with E-state index in [0.717, 1.165) is 19.3 Å². The van der Waals surface area contributed by atoms with E-state index in [2.05, 4.69) is 0 Å². The summed E-state index contributed by atoms with van der Waals surface area (Å²) in [6.45, 7) is -0.675. The lowest BCUT2D eigenvalue weighted by molar-refractivity contribution is -0.332. The summed E-state index contributed by atoms with van der Waals surface area (Å²) >= 11 is 0. The lowest BCUT2D eigenvalue weighted by atomic mass is 9.79. The zero-order valence-corrected chi connectivity index (χ0v) is 11.2. The molecule has 2 aliphatic rings. The molecule has 1 unspecified atom stereocenters. The van der Waals surface area contributed by atoms with Crippen LogP contribution in [0.25, 0.3) is 0 Å². The lowest BCUT2D eigenvalue weighted by Crippen LogP contribution is -2.69. The Morgan fingerprint density at radius 1 is 1.10 bits per heavy atom. The molecule has 1 heterocycles. The Bertz CT molecular complexity index is 353. The molecule has 20 heavy (non-hydrogen) atoms. The minimum atomic E-state index is -2.58. The molecule has 1 aliphatic heterocycles. The van der Waals surface area contributed by atoms with Gasteiger partial charge >= 0.3 is 0 Å². The summed E-state index contributed by atoms with van der Waals surface area (Å²) in [5.74, 6) is -3.70. The van der Waals surface area contributed by atoms with Gasteiger partial charge in [0.05, 0.1) is 6.61 Å². The fourth-order valence-corrected chi connectivity index (χ4v) is 3.01. The number of carbonyl (C=O) groups is 1. The molecule has 0 bridgehead atoms. The van der Waals surface area contributed by atoms with Gasteiger partial charge in [-0.25, -0.2) is 0 Å². The van der Waals surface area contributed by atoms with Crippen LogP contribution < -0.4 is 0 Å². The van der Waals surface area contributed by atoms with Crippen LogP contribution in [0, 0.1) is 5.92 Å². The van der Waals surface area contributed by atoms with E-state index in [1.54, 1.807) is 0 Å². The minimum absolute atomic E-state index is 0.440. The van der Waals surface area contributed by atoms with Gasteiger partial charge in [0.25, 0.3) is 5.79 Å². The minimum Gasteiger partial charge on any atom is -0.394 e. The van der Waals surface area contributed by atoms with E-state index < -0.39 is 48.5 Å². The highest BCUT2D eigenvalue weighted by molar-refractivity contribution is 5.88. The molecule has 7 nitrogen and oxygen atoms in total. The summed E-state index contributed by atoms with van der Waals surface area (Å²) in [7, 11) is 0. The van der Waals surface area contributed by atoms with E-state index in [1.807, 2.05) is 0 Å². The van der Waals surface area contributed by atoms with Crippen molar-refractivity contribution in [1.29, 1.82) is 0 Å². The predicted octanol–water partition coefficient (Wildman–Crippen LogP) is -1.70. The molecule has 7 heteroatoms. The van der Waals surface area contributed by atoms with Crippen molar-refractivity contribution in [2.45, 2.75) is 62.3 Å². The van der Waals surface area contributed by atoms with Crippen LogP contribution in [-0.2, 0) is 9.53 Å². The lowest BCUT2D eigenvalue weighted by Gasteiger charge is -2.45. The molecular weight excluding hydrogens is 268 g/mol. The zero-order valence-electron chi connectivity index (χ0n) is 11.2. The molecule has 2 rings (SSSR count). The summed E-state index contributed by atoms with van der Waals surface area (Å²) in [6, 6.07) is 0. The molecule has 116 valence electrons. The van der Waals surface area contributed by atoms with Gasteiger partial charge in [-0.05, 0) is 12.8 Å². The third-order valence-corrected chi connectivity index (χ3v) is 4.30. The summed E-state index contributed by atoms with van der Waals surface area (Å²) in [4.78, 5) is 12.4. The number of aliphatic hydroxyl groups is 5. The SMILES string of the molecule is O=C(C1CCCCC1)C1(O)O[C@H](CO)[C@H](O)[C@H](O)[C@H]1O. The van der Waals surface area contributed by atoms with Gasteiger partial charge in [-0.2, -0.15) is 0 Å². The monoisotopic (exact) mass is 290 g/mol. The normalized spacial score (nSPS) is 43.5. The van der Waals surface area contributed by atoms with Gasteiger partial charge in [0.1, 0.15) is 24.4 Å².